The molecule has 0 aromatic carbocycles. The van der Waals surface area contributed by atoms with Crippen molar-refractivity contribution in [3.63, 3.8) is 0 Å². The van der Waals surface area contributed by atoms with Crippen LogP contribution in [-0.2, 0) is 11.3 Å². The summed E-state index contributed by atoms with van der Waals surface area (Å²) in [7, 11) is 1.58. The number of carbonyl (C=O) groups is 1. The number of nitrogens with one attached hydrogen (secondary N) is 2. The summed E-state index contributed by atoms with van der Waals surface area (Å²) in [4.78, 5) is 15.8. The molecule has 2 N–H and O–H groups in total. The van der Waals surface area contributed by atoms with Crippen molar-refractivity contribution in [1.29, 1.82) is 0 Å². The number of aromatic nitrogens is 1. The van der Waals surface area contributed by atoms with E-state index in [1.807, 2.05) is 19.9 Å². The van der Waals surface area contributed by atoms with Gasteiger partial charge in [0.15, 0.2) is 0 Å². The van der Waals surface area contributed by atoms with Crippen molar-refractivity contribution in [3.05, 3.63) is 23.9 Å². The summed E-state index contributed by atoms with van der Waals surface area (Å²) in [5.74, 6) is 0.597. The molecule has 0 atom stereocenters. The molecular weight excluding hydrogens is 242 g/mol. The molecule has 5 heteroatoms. The summed E-state index contributed by atoms with van der Waals surface area (Å²) < 4.78 is 4.98. The van der Waals surface area contributed by atoms with Crippen LogP contribution in [0.1, 0.15) is 32.8 Å². The Morgan fingerprint density at radius 1 is 1.42 bits per heavy atom. The first-order chi connectivity index (χ1) is 8.96. The van der Waals surface area contributed by atoms with Crippen molar-refractivity contribution in [3.8, 4) is 5.88 Å². The molecule has 0 fully saturated rings. The topological polar surface area (TPSA) is 63.2 Å². The molecule has 0 aliphatic heterocycles. The lowest BCUT2D eigenvalue weighted by atomic mass is 10.0. The van der Waals surface area contributed by atoms with Gasteiger partial charge in [-0.15, -0.1) is 0 Å². The highest BCUT2D eigenvalue weighted by atomic mass is 16.5. The summed E-state index contributed by atoms with van der Waals surface area (Å²) in [5.41, 5.74) is 0.865. The van der Waals surface area contributed by atoms with E-state index in [1.165, 1.54) is 0 Å². The van der Waals surface area contributed by atoms with Crippen LogP contribution in [0.25, 0.3) is 0 Å². The molecule has 0 saturated carbocycles. The second-order valence-electron chi connectivity index (χ2n) is 5.10. The molecule has 1 aromatic rings. The van der Waals surface area contributed by atoms with E-state index in [-0.39, 0.29) is 11.4 Å². The van der Waals surface area contributed by atoms with Crippen molar-refractivity contribution in [2.75, 3.05) is 13.7 Å². The lowest BCUT2D eigenvalue weighted by Crippen LogP contribution is -2.46. The maximum absolute atomic E-state index is 11.7. The number of hydrogen-bond acceptors (Lipinski definition) is 4. The van der Waals surface area contributed by atoms with Gasteiger partial charge in [-0.2, -0.15) is 0 Å². The van der Waals surface area contributed by atoms with Crippen LogP contribution in [0.5, 0.6) is 5.88 Å². The van der Waals surface area contributed by atoms with Gasteiger partial charge in [0.25, 0.3) is 0 Å². The Kier molecular flexibility index (Phi) is 5.76. The van der Waals surface area contributed by atoms with Crippen molar-refractivity contribution < 1.29 is 9.53 Å². The molecule has 0 aliphatic carbocycles. The number of ether oxygens (including phenoxy) is 1. The first-order valence-electron chi connectivity index (χ1n) is 6.47. The molecule has 1 rings (SSSR count). The maximum atomic E-state index is 11.7. The van der Waals surface area contributed by atoms with Gasteiger partial charge >= 0.3 is 0 Å². The van der Waals surface area contributed by atoms with Crippen molar-refractivity contribution in [2.45, 2.75) is 39.3 Å². The zero-order chi connectivity index (χ0) is 14.3. The summed E-state index contributed by atoms with van der Waals surface area (Å²) in [6.07, 6.45) is 2.64. The van der Waals surface area contributed by atoms with Gasteiger partial charge in [-0.25, -0.2) is 4.98 Å². The average Bonchev–Trinajstić information content (AvgIpc) is 2.39. The molecule has 0 saturated heterocycles. The number of rotatable bonds is 7. The minimum atomic E-state index is -0.152. The first-order valence-corrected chi connectivity index (χ1v) is 6.47. The van der Waals surface area contributed by atoms with Crippen LogP contribution in [0.15, 0.2) is 18.3 Å². The van der Waals surface area contributed by atoms with E-state index in [9.17, 15) is 4.79 Å². The van der Waals surface area contributed by atoms with E-state index in [1.54, 1.807) is 19.4 Å². The summed E-state index contributed by atoms with van der Waals surface area (Å²) in [6, 6.07) is 3.73. The molecule has 0 spiro atoms. The predicted molar refractivity (Wildman–Crippen MR) is 75.0 cm³/mol. The number of carbonyl (C=O) groups excluding carboxylic acids is 1. The molecule has 1 amide bonds. The fourth-order valence-electron chi connectivity index (χ4n) is 1.47. The quantitative estimate of drug-likeness (QED) is 0.784. The highest BCUT2D eigenvalue weighted by Gasteiger charge is 2.16. The monoisotopic (exact) mass is 265 g/mol. The Hall–Kier alpha value is -1.62. The smallest absolute Gasteiger partial charge is 0.234 e. The van der Waals surface area contributed by atoms with Crippen LogP contribution in [0.4, 0.5) is 0 Å². The number of pyridine rings is 1. The Labute approximate surface area is 114 Å². The largest absolute Gasteiger partial charge is 0.481 e. The van der Waals surface area contributed by atoms with Crippen molar-refractivity contribution >= 4 is 5.91 Å². The van der Waals surface area contributed by atoms with Gasteiger partial charge in [0.1, 0.15) is 0 Å². The Morgan fingerprint density at radius 2 is 2.16 bits per heavy atom. The maximum Gasteiger partial charge on any atom is 0.234 e. The van der Waals surface area contributed by atoms with Gasteiger partial charge in [-0.1, -0.05) is 13.0 Å². The molecule has 106 valence electrons. The predicted octanol–water partition coefficient (Wildman–Crippen LogP) is 1.48. The fourth-order valence-corrected chi connectivity index (χ4v) is 1.47. The molecule has 0 bridgehead atoms. The van der Waals surface area contributed by atoms with Gasteiger partial charge in [-0.3, -0.25) is 4.79 Å². The van der Waals surface area contributed by atoms with Crippen LogP contribution in [0, 0.1) is 0 Å². The minimum Gasteiger partial charge on any atom is -0.481 e. The number of hydrogen-bond donors (Lipinski definition) is 2. The highest BCUT2D eigenvalue weighted by molar-refractivity contribution is 5.78. The van der Waals surface area contributed by atoms with Crippen molar-refractivity contribution in [2.24, 2.45) is 0 Å². The molecule has 1 heterocycles. The highest BCUT2D eigenvalue weighted by Crippen LogP contribution is 2.07. The third-order valence-electron chi connectivity index (χ3n) is 2.98. The van der Waals surface area contributed by atoms with E-state index in [0.717, 1.165) is 12.0 Å². The first kappa shape index (κ1) is 15.4. The molecular formula is C14H23N3O2. The molecule has 0 aliphatic rings. The second kappa shape index (κ2) is 7.09. The number of nitrogens with zero attached hydrogens (tertiary/aromatic N) is 1. The van der Waals surface area contributed by atoms with Gasteiger partial charge in [0, 0.05) is 24.3 Å². The van der Waals surface area contributed by atoms with E-state index in [4.69, 9.17) is 4.74 Å². The Morgan fingerprint density at radius 3 is 2.68 bits per heavy atom. The zero-order valence-electron chi connectivity index (χ0n) is 12.1. The fraction of sp³-hybridized carbons (Fsp3) is 0.571. The van der Waals surface area contributed by atoms with Crippen LogP contribution < -0.4 is 15.4 Å². The minimum absolute atomic E-state index is 0.00770. The van der Waals surface area contributed by atoms with E-state index >= 15 is 0 Å². The van der Waals surface area contributed by atoms with Gasteiger partial charge < -0.3 is 15.4 Å². The summed E-state index contributed by atoms with van der Waals surface area (Å²) in [5, 5.41) is 6.07. The van der Waals surface area contributed by atoms with Gasteiger partial charge in [0.2, 0.25) is 11.8 Å². The Balaban J connectivity index is 2.31. The average molecular weight is 265 g/mol. The van der Waals surface area contributed by atoms with Crippen molar-refractivity contribution in [1.82, 2.24) is 15.6 Å². The molecule has 0 radical (unpaired) electrons. The van der Waals surface area contributed by atoms with Gasteiger partial charge in [-0.05, 0) is 25.8 Å². The van der Waals surface area contributed by atoms with E-state index in [2.05, 4.69) is 22.5 Å². The standard InChI is InChI=1S/C14H23N3O2/c1-5-14(2,3)17-12(18)10-15-8-11-6-7-13(19-4)16-9-11/h6-7,9,15H,5,8,10H2,1-4H3,(H,17,18). The molecule has 0 unspecified atom stereocenters. The second-order valence-corrected chi connectivity index (χ2v) is 5.10. The molecule has 1 aromatic heterocycles. The van der Waals surface area contributed by atoms with E-state index in [0.29, 0.717) is 19.0 Å². The molecule has 19 heavy (non-hydrogen) atoms. The van der Waals surface area contributed by atoms with Gasteiger partial charge in [0.05, 0.1) is 13.7 Å². The zero-order valence-corrected chi connectivity index (χ0v) is 12.1. The van der Waals surface area contributed by atoms with E-state index < -0.39 is 0 Å². The third-order valence-corrected chi connectivity index (χ3v) is 2.98. The molecule has 5 nitrogen and oxygen atoms in total. The Bertz CT molecular complexity index is 402. The number of amides is 1. The normalized spacial score (nSPS) is 11.2. The SMILES string of the molecule is CCC(C)(C)NC(=O)CNCc1ccc(OC)nc1. The van der Waals surface area contributed by atoms with Crippen LogP contribution in [0.2, 0.25) is 0 Å². The lowest BCUT2D eigenvalue weighted by Gasteiger charge is -2.24. The summed E-state index contributed by atoms with van der Waals surface area (Å²) in [6.45, 7) is 6.99. The number of methoxy groups -OCH3 is 1. The van der Waals surface area contributed by atoms with Crippen LogP contribution in [-0.4, -0.2) is 30.1 Å². The lowest BCUT2D eigenvalue weighted by molar-refractivity contribution is -0.121. The summed E-state index contributed by atoms with van der Waals surface area (Å²) >= 11 is 0. The van der Waals surface area contributed by atoms with Crippen LogP contribution in [0.3, 0.4) is 0 Å². The third kappa shape index (κ3) is 5.70. The van der Waals surface area contributed by atoms with Crippen LogP contribution >= 0.6 is 0 Å².